The number of ether oxygens (including phenoxy) is 1. The lowest BCUT2D eigenvalue weighted by molar-refractivity contribution is -0.394. The molecule has 0 aromatic heterocycles. The average Bonchev–Trinajstić information content (AvgIpc) is 2.47. The number of benzene rings is 2. The second kappa shape index (κ2) is 6.17. The molecule has 22 heavy (non-hydrogen) atoms. The van der Waals surface area contributed by atoms with Gasteiger partial charge in [0.25, 0.3) is 11.4 Å². The Bertz CT molecular complexity index is 683. The molecule has 0 amide bonds. The van der Waals surface area contributed by atoms with Crippen LogP contribution in [0, 0.1) is 20.2 Å². The van der Waals surface area contributed by atoms with Gasteiger partial charge in [0.2, 0.25) is 0 Å². The lowest BCUT2D eigenvalue weighted by Gasteiger charge is -2.07. The molecule has 0 radical (unpaired) electrons. The fourth-order valence-electron chi connectivity index (χ4n) is 1.77. The van der Waals surface area contributed by atoms with E-state index in [9.17, 15) is 24.6 Å². The standard InChI is InChI=1S/C14H11FN2O5/c1-9(15)10-2-4-13(5-3-10)22-14-7-11(16(18)19)6-12(8-14)17(20)21/h2-9H,1H3. The molecule has 2 rings (SSSR count). The summed E-state index contributed by atoms with van der Waals surface area (Å²) in [5.74, 6) is 0.251. The lowest BCUT2D eigenvalue weighted by Crippen LogP contribution is -1.94. The molecular weight excluding hydrogens is 295 g/mol. The molecule has 0 aliphatic rings. The highest BCUT2D eigenvalue weighted by Gasteiger charge is 2.17. The van der Waals surface area contributed by atoms with E-state index in [2.05, 4.69) is 0 Å². The van der Waals surface area contributed by atoms with Gasteiger partial charge in [0.05, 0.1) is 28.0 Å². The molecule has 7 nitrogen and oxygen atoms in total. The van der Waals surface area contributed by atoms with Crippen LogP contribution in [0.15, 0.2) is 42.5 Å². The van der Waals surface area contributed by atoms with Crippen molar-refractivity contribution in [3.8, 4) is 11.5 Å². The van der Waals surface area contributed by atoms with Gasteiger partial charge in [-0.15, -0.1) is 0 Å². The zero-order valence-corrected chi connectivity index (χ0v) is 11.4. The van der Waals surface area contributed by atoms with Crippen LogP contribution < -0.4 is 4.74 Å². The summed E-state index contributed by atoms with van der Waals surface area (Å²) in [7, 11) is 0. The summed E-state index contributed by atoms with van der Waals surface area (Å²) in [6.07, 6.45) is -1.13. The normalized spacial score (nSPS) is 11.7. The van der Waals surface area contributed by atoms with E-state index in [1.165, 1.54) is 31.2 Å². The van der Waals surface area contributed by atoms with Crippen LogP contribution >= 0.6 is 0 Å². The summed E-state index contributed by atoms with van der Waals surface area (Å²) >= 11 is 0. The predicted molar refractivity (Wildman–Crippen MR) is 75.8 cm³/mol. The topological polar surface area (TPSA) is 95.5 Å². The van der Waals surface area contributed by atoms with E-state index in [0.29, 0.717) is 11.3 Å². The third-order valence-electron chi connectivity index (χ3n) is 2.87. The predicted octanol–water partition coefficient (Wildman–Crippen LogP) is 4.33. The molecule has 0 aliphatic heterocycles. The van der Waals surface area contributed by atoms with Gasteiger partial charge in [-0.3, -0.25) is 20.2 Å². The van der Waals surface area contributed by atoms with Gasteiger partial charge < -0.3 is 4.74 Å². The highest BCUT2D eigenvalue weighted by molar-refractivity contribution is 5.50. The van der Waals surface area contributed by atoms with Crippen molar-refractivity contribution < 1.29 is 19.0 Å². The molecule has 1 atom stereocenters. The van der Waals surface area contributed by atoms with Crippen molar-refractivity contribution in [1.82, 2.24) is 0 Å². The average molecular weight is 306 g/mol. The largest absolute Gasteiger partial charge is 0.457 e. The first-order valence-corrected chi connectivity index (χ1v) is 6.22. The first-order chi connectivity index (χ1) is 10.4. The number of halogens is 1. The highest BCUT2D eigenvalue weighted by atomic mass is 19.1. The van der Waals surface area contributed by atoms with E-state index in [4.69, 9.17) is 4.74 Å². The number of nitro groups is 2. The van der Waals surface area contributed by atoms with Gasteiger partial charge in [0.1, 0.15) is 17.7 Å². The summed E-state index contributed by atoms with van der Waals surface area (Å²) in [5.41, 5.74) is -0.436. The number of hydrogen-bond donors (Lipinski definition) is 0. The van der Waals surface area contributed by atoms with Crippen molar-refractivity contribution >= 4 is 11.4 Å². The number of non-ortho nitro benzene ring substituents is 2. The fourth-order valence-corrected chi connectivity index (χ4v) is 1.77. The molecule has 1 unspecified atom stereocenters. The van der Waals surface area contributed by atoms with Gasteiger partial charge >= 0.3 is 0 Å². The van der Waals surface area contributed by atoms with Crippen molar-refractivity contribution in [3.05, 3.63) is 68.3 Å². The maximum atomic E-state index is 13.1. The Morgan fingerprint density at radius 3 is 1.86 bits per heavy atom. The van der Waals surface area contributed by atoms with Crippen LogP contribution in [0.5, 0.6) is 11.5 Å². The molecule has 0 heterocycles. The quantitative estimate of drug-likeness (QED) is 0.605. The van der Waals surface area contributed by atoms with E-state index in [-0.39, 0.29) is 5.75 Å². The zero-order valence-electron chi connectivity index (χ0n) is 11.4. The Morgan fingerprint density at radius 1 is 0.955 bits per heavy atom. The molecule has 8 heteroatoms. The van der Waals surface area contributed by atoms with Crippen molar-refractivity contribution in [2.75, 3.05) is 0 Å². The summed E-state index contributed by atoms with van der Waals surface area (Å²) in [5, 5.41) is 21.6. The summed E-state index contributed by atoms with van der Waals surface area (Å²) in [4.78, 5) is 20.1. The second-order valence-corrected chi connectivity index (χ2v) is 4.49. The Morgan fingerprint density at radius 2 is 1.45 bits per heavy atom. The van der Waals surface area contributed by atoms with E-state index < -0.39 is 27.4 Å². The minimum Gasteiger partial charge on any atom is -0.457 e. The monoisotopic (exact) mass is 306 g/mol. The Kier molecular flexibility index (Phi) is 4.31. The molecular formula is C14H11FN2O5. The van der Waals surface area contributed by atoms with Crippen LogP contribution in [0.3, 0.4) is 0 Å². The molecule has 2 aromatic rings. The van der Waals surface area contributed by atoms with Crippen LogP contribution in [0.1, 0.15) is 18.7 Å². The number of nitro benzene ring substituents is 2. The van der Waals surface area contributed by atoms with Gasteiger partial charge in [-0.2, -0.15) is 0 Å². The zero-order chi connectivity index (χ0) is 16.3. The van der Waals surface area contributed by atoms with Crippen molar-refractivity contribution in [1.29, 1.82) is 0 Å². The molecule has 0 saturated heterocycles. The van der Waals surface area contributed by atoms with Crippen LogP contribution in [0.25, 0.3) is 0 Å². The summed E-state index contributed by atoms with van der Waals surface area (Å²) in [6, 6.07) is 8.99. The Labute approximate surface area is 124 Å². The Balaban J connectivity index is 2.32. The highest BCUT2D eigenvalue weighted by Crippen LogP contribution is 2.31. The van der Waals surface area contributed by atoms with Gasteiger partial charge in [0, 0.05) is 0 Å². The molecule has 2 aromatic carbocycles. The molecule has 0 spiro atoms. The first kappa shape index (κ1) is 15.4. The SMILES string of the molecule is CC(F)c1ccc(Oc2cc([N+](=O)[O-])cc([N+](=O)[O-])c2)cc1. The van der Waals surface area contributed by atoms with Gasteiger partial charge in [-0.1, -0.05) is 12.1 Å². The third-order valence-corrected chi connectivity index (χ3v) is 2.87. The molecule has 0 saturated carbocycles. The van der Waals surface area contributed by atoms with Crippen LogP contribution in [0.2, 0.25) is 0 Å². The van der Waals surface area contributed by atoms with E-state index >= 15 is 0 Å². The van der Waals surface area contributed by atoms with Gasteiger partial charge in [0.15, 0.2) is 0 Å². The maximum Gasteiger partial charge on any atom is 0.280 e. The van der Waals surface area contributed by atoms with Crippen LogP contribution in [0.4, 0.5) is 15.8 Å². The third kappa shape index (κ3) is 3.54. The minimum atomic E-state index is -1.13. The number of hydrogen-bond acceptors (Lipinski definition) is 5. The summed E-state index contributed by atoms with van der Waals surface area (Å²) < 4.78 is 18.4. The molecule has 114 valence electrons. The van der Waals surface area contributed by atoms with Crippen molar-refractivity contribution in [2.45, 2.75) is 13.1 Å². The molecule has 0 fully saturated rings. The molecule has 0 N–H and O–H groups in total. The lowest BCUT2D eigenvalue weighted by atomic mass is 10.1. The minimum absolute atomic E-state index is 0.0399. The smallest absolute Gasteiger partial charge is 0.280 e. The van der Waals surface area contributed by atoms with Crippen molar-refractivity contribution in [2.24, 2.45) is 0 Å². The molecule has 0 bridgehead atoms. The van der Waals surface area contributed by atoms with Gasteiger partial charge in [-0.25, -0.2) is 4.39 Å². The van der Waals surface area contributed by atoms with E-state index in [1.54, 1.807) is 0 Å². The van der Waals surface area contributed by atoms with Crippen molar-refractivity contribution in [3.63, 3.8) is 0 Å². The van der Waals surface area contributed by atoms with E-state index in [1.807, 2.05) is 0 Å². The Hall–Kier alpha value is -3.03. The number of alkyl halides is 1. The first-order valence-electron chi connectivity index (χ1n) is 6.22. The summed E-state index contributed by atoms with van der Waals surface area (Å²) in [6.45, 7) is 1.39. The second-order valence-electron chi connectivity index (χ2n) is 4.49. The van der Waals surface area contributed by atoms with Crippen LogP contribution in [-0.2, 0) is 0 Å². The van der Waals surface area contributed by atoms with Crippen LogP contribution in [-0.4, -0.2) is 9.85 Å². The molecule has 0 aliphatic carbocycles. The van der Waals surface area contributed by atoms with Gasteiger partial charge in [-0.05, 0) is 24.6 Å². The number of rotatable bonds is 5. The number of nitrogens with zero attached hydrogens (tertiary/aromatic N) is 2. The fraction of sp³-hybridized carbons (Fsp3) is 0.143. The van der Waals surface area contributed by atoms with E-state index in [0.717, 1.165) is 18.2 Å². The maximum absolute atomic E-state index is 13.1.